The van der Waals surface area contributed by atoms with Crippen LogP contribution in [0.25, 0.3) is 0 Å². The first-order valence-corrected chi connectivity index (χ1v) is 14.5. The molecule has 1 saturated heterocycles. The third-order valence-corrected chi connectivity index (χ3v) is 7.61. The van der Waals surface area contributed by atoms with Gasteiger partial charge in [0.25, 0.3) is 5.91 Å². The highest BCUT2D eigenvalue weighted by Crippen LogP contribution is 2.25. The summed E-state index contributed by atoms with van der Waals surface area (Å²) >= 11 is 0.853. The number of likely N-dealkylation sites (tertiary alicyclic amines) is 1. The van der Waals surface area contributed by atoms with Gasteiger partial charge in [0.05, 0.1) is 11.3 Å². The number of pyridine rings is 1. The Morgan fingerprint density at radius 2 is 1.61 bits per heavy atom. The van der Waals surface area contributed by atoms with Crippen molar-refractivity contribution in [2.24, 2.45) is 5.73 Å². The third-order valence-electron chi connectivity index (χ3n) is 6.56. The lowest BCUT2D eigenvalue weighted by atomic mass is 9.97. The van der Waals surface area contributed by atoms with Gasteiger partial charge in [-0.05, 0) is 49.1 Å². The number of halogens is 6. The molecule has 0 spiro atoms. The van der Waals surface area contributed by atoms with Gasteiger partial charge >= 0.3 is 18.3 Å². The summed E-state index contributed by atoms with van der Waals surface area (Å²) in [5.74, 6) is -6.01. The topological polar surface area (TPSA) is 134 Å². The second-order valence-corrected chi connectivity index (χ2v) is 10.9. The van der Waals surface area contributed by atoms with Crippen molar-refractivity contribution in [1.82, 2.24) is 14.8 Å². The average molecular weight is 651 g/mol. The van der Waals surface area contributed by atoms with E-state index in [4.69, 9.17) is 15.6 Å². The number of rotatable bonds is 12. The van der Waals surface area contributed by atoms with Gasteiger partial charge in [-0.2, -0.15) is 38.1 Å². The molecule has 1 fully saturated rings. The first kappa shape index (κ1) is 36.5. The van der Waals surface area contributed by atoms with E-state index in [9.17, 15) is 40.7 Å². The Morgan fingerprint density at radius 1 is 1.00 bits per heavy atom. The predicted molar refractivity (Wildman–Crippen MR) is 149 cm³/mol. The largest absolute Gasteiger partial charge is 0.490 e. The minimum Gasteiger partial charge on any atom is -0.475 e. The number of amides is 2. The SMILES string of the molecule is NC(=O)[C@H](CCCSCC(=O)C(F)(F)F)N(C(=O)c1cccnc1)C1CCN(Cc2ccccc2)CC1.O=C(O)C(F)(F)F. The number of nitrogens with zero attached hydrogens (tertiary/aromatic N) is 3. The van der Waals surface area contributed by atoms with E-state index in [-0.39, 0.29) is 24.1 Å². The molecule has 3 N–H and O–H groups in total. The Morgan fingerprint density at radius 3 is 2.11 bits per heavy atom. The van der Waals surface area contributed by atoms with Crippen molar-refractivity contribution >= 4 is 35.3 Å². The Labute approximate surface area is 253 Å². The molecule has 242 valence electrons. The fourth-order valence-corrected chi connectivity index (χ4v) is 5.31. The molecule has 1 aliphatic heterocycles. The number of nitrogens with two attached hydrogens (primary N) is 1. The molecule has 0 saturated carbocycles. The second-order valence-electron chi connectivity index (χ2n) is 9.78. The summed E-state index contributed by atoms with van der Waals surface area (Å²) in [6, 6.07) is 12.2. The number of alkyl halides is 6. The quantitative estimate of drug-likeness (QED) is 0.256. The van der Waals surface area contributed by atoms with Gasteiger partial charge in [0.2, 0.25) is 11.7 Å². The summed E-state index contributed by atoms with van der Waals surface area (Å²) in [7, 11) is 0. The van der Waals surface area contributed by atoms with Gasteiger partial charge in [-0.15, -0.1) is 0 Å². The maximum Gasteiger partial charge on any atom is 0.490 e. The summed E-state index contributed by atoms with van der Waals surface area (Å²) < 4.78 is 69.0. The van der Waals surface area contributed by atoms with Crippen molar-refractivity contribution in [3.8, 4) is 0 Å². The van der Waals surface area contributed by atoms with E-state index in [1.54, 1.807) is 23.2 Å². The van der Waals surface area contributed by atoms with Crippen LogP contribution >= 0.6 is 11.8 Å². The highest BCUT2D eigenvalue weighted by atomic mass is 32.2. The van der Waals surface area contributed by atoms with Crippen molar-refractivity contribution in [1.29, 1.82) is 0 Å². The van der Waals surface area contributed by atoms with Gasteiger partial charge in [0.15, 0.2) is 0 Å². The average Bonchev–Trinajstić information content (AvgIpc) is 2.97. The molecule has 2 amide bonds. The van der Waals surface area contributed by atoms with Gasteiger partial charge in [-0.3, -0.25) is 24.3 Å². The summed E-state index contributed by atoms with van der Waals surface area (Å²) in [5.41, 5.74) is 7.27. The second kappa shape index (κ2) is 17.0. The number of hydrogen-bond donors (Lipinski definition) is 2. The van der Waals surface area contributed by atoms with Crippen molar-refractivity contribution < 1.29 is 50.6 Å². The molecule has 2 heterocycles. The van der Waals surface area contributed by atoms with Crippen LogP contribution in [0.2, 0.25) is 0 Å². The van der Waals surface area contributed by atoms with Gasteiger partial charge in [-0.1, -0.05) is 30.3 Å². The van der Waals surface area contributed by atoms with E-state index in [1.165, 1.54) is 11.8 Å². The highest BCUT2D eigenvalue weighted by molar-refractivity contribution is 7.99. The molecule has 1 atom stereocenters. The van der Waals surface area contributed by atoms with Crippen LogP contribution in [0.5, 0.6) is 0 Å². The third kappa shape index (κ3) is 12.1. The van der Waals surface area contributed by atoms with Gasteiger partial charge < -0.3 is 15.7 Å². The van der Waals surface area contributed by atoms with Crippen LogP contribution in [0.15, 0.2) is 54.9 Å². The number of thioether (sulfide) groups is 1. The molecule has 16 heteroatoms. The Hall–Kier alpha value is -3.66. The summed E-state index contributed by atoms with van der Waals surface area (Å²) in [6.07, 6.45) is -5.13. The molecule has 1 aromatic carbocycles. The number of hydrogen-bond acceptors (Lipinski definition) is 7. The fraction of sp³-hybridized carbons (Fsp3) is 0.464. The number of benzene rings is 1. The maximum atomic E-state index is 13.5. The Kier molecular flexibility index (Phi) is 14.1. The molecular formula is C28H32F6N4O5S. The highest BCUT2D eigenvalue weighted by Gasteiger charge is 2.39. The van der Waals surface area contributed by atoms with Crippen LogP contribution in [0.3, 0.4) is 0 Å². The number of Topliss-reactive ketones (excluding diaryl/α,β-unsaturated/α-hetero) is 1. The minimum absolute atomic E-state index is 0.193. The zero-order chi connectivity index (χ0) is 32.9. The van der Waals surface area contributed by atoms with Gasteiger partial charge in [0, 0.05) is 38.1 Å². The molecule has 44 heavy (non-hydrogen) atoms. The van der Waals surface area contributed by atoms with Crippen LogP contribution in [0, 0.1) is 0 Å². The molecule has 0 aliphatic carbocycles. The minimum atomic E-state index is -5.08. The van der Waals surface area contributed by atoms with Gasteiger partial charge in [-0.25, -0.2) is 4.79 Å². The van der Waals surface area contributed by atoms with E-state index < -0.39 is 41.8 Å². The smallest absolute Gasteiger partial charge is 0.475 e. The first-order chi connectivity index (χ1) is 20.6. The van der Waals surface area contributed by atoms with E-state index in [0.717, 1.165) is 31.4 Å². The zero-order valence-electron chi connectivity index (χ0n) is 23.4. The van der Waals surface area contributed by atoms with Crippen LogP contribution in [0.4, 0.5) is 26.3 Å². The Bertz CT molecular complexity index is 1230. The molecule has 2 aromatic rings. The number of ketones is 1. The molecule has 0 radical (unpaired) electrons. The van der Waals surface area contributed by atoms with Crippen LogP contribution < -0.4 is 5.73 Å². The van der Waals surface area contributed by atoms with Gasteiger partial charge in [0.1, 0.15) is 6.04 Å². The first-order valence-electron chi connectivity index (χ1n) is 13.4. The number of aliphatic carboxylic acids is 1. The van der Waals surface area contributed by atoms with E-state index in [2.05, 4.69) is 22.0 Å². The van der Waals surface area contributed by atoms with E-state index >= 15 is 0 Å². The predicted octanol–water partition coefficient (Wildman–Crippen LogP) is 4.32. The summed E-state index contributed by atoms with van der Waals surface area (Å²) in [5, 5.41) is 7.12. The zero-order valence-corrected chi connectivity index (χ0v) is 24.2. The number of carboxylic acid groups (broad SMARTS) is 1. The Balaban J connectivity index is 0.000000860. The number of aromatic nitrogens is 1. The molecule has 3 rings (SSSR count). The molecule has 1 aliphatic rings. The van der Waals surface area contributed by atoms with Crippen molar-refractivity contribution in [2.45, 2.75) is 56.7 Å². The fourth-order valence-electron chi connectivity index (χ4n) is 4.44. The van der Waals surface area contributed by atoms with Crippen molar-refractivity contribution in [3.05, 3.63) is 66.0 Å². The molecule has 9 nitrogen and oxygen atoms in total. The van der Waals surface area contributed by atoms with E-state index in [0.29, 0.717) is 24.8 Å². The van der Waals surface area contributed by atoms with Crippen molar-refractivity contribution in [2.75, 3.05) is 24.6 Å². The lowest BCUT2D eigenvalue weighted by Gasteiger charge is -2.41. The van der Waals surface area contributed by atoms with Crippen LogP contribution in [-0.2, 0) is 20.9 Å². The molecule has 0 bridgehead atoms. The van der Waals surface area contributed by atoms with Crippen molar-refractivity contribution in [3.63, 3.8) is 0 Å². The maximum absolute atomic E-state index is 13.5. The lowest BCUT2D eigenvalue weighted by Crippen LogP contribution is -2.55. The van der Waals surface area contributed by atoms with Crippen LogP contribution in [0.1, 0.15) is 41.6 Å². The van der Waals surface area contributed by atoms with E-state index in [1.807, 2.05) is 18.2 Å². The van der Waals surface area contributed by atoms with Crippen LogP contribution in [-0.4, -0.2) is 92.5 Å². The number of carbonyl (C=O) groups is 4. The molecule has 1 aromatic heterocycles. The number of piperidine rings is 1. The summed E-state index contributed by atoms with van der Waals surface area (Å²) in [6.45, 7) is 2.26. The standard InChI is InChI=1S/C26H31F3N4O3S.C2HF3O2/c27-26(28,29)23(34)18-37-15-5-9-22(24(30)35)33(25(36)20-8-4-12-31-16-20)21-10-13-32(14-11-21)17-19-6-2-1-3-7-19;3-2(4,5)1(6)7/h1-4,6-8,12,16,21-22H,5,9-11,13-15,17-18H2,(H2,30,35);(H,6,7)/t22-;/m0./s1. The monoisotopic (exact) mass is 650 g/mol. The number of carboxylic acids is 1. The normalized spacial score (nSPS) is 15.0. The number of carbonyl (C=O) groups excluding carboxylic acids is 3. The lowest BCUT2D eigenvalue weighted by molar-refractivity contribution is -0.192. The number of primary amides is 1. The molecule has 0 unspecified atom stereocenters. The molecular weight excluding hydrogens is 618 g/mol. The summed E-state index contributed by atoms with van der Waals surface area (Å²) in [4.78, 5) is 53.9.